The summed E-state index contributed by atoms with van der Waals surface area (Å²) in [5.41, 5.74) is 3.69. The Bertz CT molecular complexity index is 600. The first kappa shape index (κ1) is 12.5. The van der Waals surface area contributed by atoms with Crippen LogP contribution in [0.4, 0.5) is 5.69 Å². The van der Waals surface area contributed by atoms with Gasteiger partial charge in [-0.25, -0.2) is 0 Å². The molecule has 0 fully saturated rings. The van der Waals surface area contributed by atoms with Gasteiger partial charge in [0.1, 0.15) is 6.07 Å². The standard InChI is InChI=1S/C15H13ClN2/c1-11-5-6-15(13(7-11)9-17)18-10-12-3-2-4-14(16)8-12/h2-8,18H,10H2,1H3. The molecule has 0 aromatic heterocycles. The third-order valence-corrected chi connectivity index (χ3v) is 2.90. The van der Waals surface area contributed by atoms with Gasteiger partial charge < -0.3 is 5.32 Å². The Morgan fingerprint density at radius 2 is 2.06 bits per heavy atom. The fourth-order valence-electron chi connectivity index (χ4n) is 1.75. The summed E-state index contributed by atoms with van der Waals surface area (Å²) in [5.74, 6) is 0. The molecule has 0 aliphatic carbocycles. The Hall–Kier alpha value is -1.98. The molecule has 0 spiro atoms. The van der Waals surface area contributed by atoms with Crippen molar-refractivity contribution in [3.8, 4) is 6.07 Å². The largest absolute Gasteiger partial charge is 0.380 e. The first-order chi connectivity index (χ1) is 8.69. The number of rotatable bonds is 3. The van der Waals surface area contributed by atoms with Gasteiger partial charge >= 0.3 is 0 Å². The number of hydrogen-bond donors (Lipinski definition) is 1. The molecule has 2 rings (SSSR count). The summed E-state index contributed by atoms with van der Waals surface area (Å²) in [7, 11) is 0. The highest BCUT2D eigenvalue weighted by molar-refractivity contribution is 6.30. The Morgan fingerprint density at radius 1 is 1.22 bits per heavy atom. The first-order valence-electron chi connectivity index (χ1n) is 5.68. The minimum absolute atomic E-state index is 0.651. The molecule has 3 heteroatoms. The van der Waals surface area contributed by atoms with Crippen LogP contribution in [0.5, 0.6) is 0 Å². The second-order valence-electron chi connectivity index (χ2n) is 4.14. The summed E-state index contributed by atoms with van der Waals surface area (Å²) in [4.78, 5) is 0. The monoisotopic (exact) mass is 256 g/mol. The van der Waals surface area contributed by atoms with E-state index in [1.165, 1.54) is 0 Å². The molecule has 0 bridgehead atoms. The predicted octanol–water partition coefficient (Wildman–Crippen LogP) is 4.13. The Morgan fingerprint density at radius 3 is 2.78 bits per heavy atom. The maximum absolute atomic E-state index is 9.07. The molecule has 0 radical (unpaired) electrons. The highest BCUT2D eigenvalue weighted by Crippen LogP contribution is 2.18. The van der Waals surface area contributed by atoms with E-state index in [0.717, 1.165) is 21.8 Å². The molecule has 90 valence electrons. The minimum Gasteiger partial charge on any atom is -0.380 e. The van der Waals surface area contributed by atoms with Crippen molar-refractivity contribution in [3.05, 3.63) is 64.2 Å². The summed E-state index contributed by atoms with van der Waals surface area (Å²) in [6, 6.07) is 15.7. The maximum Gasteiger partial charge on any atom is 0.101 e. The van der Waals surface area contributed by atoms with Gasteiger partial charge in [-0.15, -0.1) is 0 Å². The van der Waals surface area contributed by atoms with E-state index in [0.29, 0.717) is 12.1 Å². The number of nitriles is 1. The van der Waals surface area contributed by atoms with Gasteiger partial charge in [0.05, 0.1) is 11.3 Å². The van der Waals surface area contributed by atoms with E-state index in [2.05, 4.69) is 11.4 Å². The summed E-state index contributed by atoms with van der Waals surface area (Å²) >= 11 is 5.93. The van der Waals surface area contributed by atoms with Crippen molar-refractivity contribution in [2.75, 3.05) is 5.32 Å². The van der Waals surface area contributed by atoms with Crippen LogP contribution in [-0.4, -0.2) is 0 Å². The topological polar surface area (TPSA) is 35.8 Å². The zero-order valence-corrected chi connectivity index (χ0v) is 10.8. The molecule has 2 aromatic rings. The fourth-order valence-corrected chi connectivity index (χ4v) is 1.96. The summed E-state index contributed by atoms with van der Waals surface area (Å²) in [5, 5.41) is 13.0. The SMILES string of the molecule is Cc1ccc(NCc2cccc(Cl)c2)c(C#N)c1. The zero-order chi connectivity index (χ0) is 13.0. The molecule has 2 aromatic carbocycles. The van der Waals surface area contributed by atoms with Gasteiger partial charge in [0.2, 0.25) is 0 Å². The van der Waals surface area contributed by atoms with Gasteiger partial charge in [-0.3, -0.25) is 0 Å². The van der Waals surface area contributed by atoms with Gasteiger partial charge in [-0.05, 0) is 42.3 Å². The molecule has 0 heterocycles. The quantitative estimate of drug-likeness (QED) is 0.896. The zero-order valence-electron chi connectivity index (χ0n) is 10.1. The van der Waals surface area contributed by atoms with Crippen LogP contribution in [0.3, 0.4) is 0 Å². The number of halogens is 1. The van der Waals surface area contributed by atoms with Crippen LogP contribution in [0.1, 0.15) is 16.7 Å². The number of anilines is 1. The number of benzene rings is 2. The number of aryl methyl sites for hydroxylation is 1. The highest BCUT2D eigenvalue weighted by Gasteiger charge is 2.02. The van der Waals surface area contributed by atoms with Crippen LogP contribution >= 0.6 is 11.6 Å². The lowest BCUT2D eigenvalue weighted by Gasteiger charge is -2.09. The van der Waals surface area contributed by atoms with Crippen LogP contribution in [0.15, 0.2) is 42.5 Å². The summed E-state index contributed by atoms with van der Waals surface area (Å²) in [6.07, 6.45) is 0. The first-order valence-corrected chi connectivity index (χ1v) is 6.06. The van der Waals surface area contributed by atoms with Crippen LogP contribution in [0.25, 0.3) is 0 Å². The third kappa shape index (κ3) is 3.03. The van der Waals surface area contributed by atoms with E-state index in [1.807, 2.05) is 49.4 Å². The number of nitrogens with one attached hydrogen (secondary N) is 1. The third-order valence-electron chi connectivity index (χ3n) is 2.67. The van der Waals surface area contributed by atoms with Gasteiger partial charge in [-0.1, -0.05) is 29.8 Å². The van der Waals surface area contributed by atoms with E-state index in [9.17, 15) is 0 Å². The Balaban J connectivity index is 2.14. The number of hydrogen-bond acceptors (Lipinski definition) is 2. The molecule has 0 aliphatic rings. The molecule has 18 heavy (non-hydrogen) atoms. The van der Waals surface area contributed by atoms with Crippen molar-refractivity contribution in [3.63, 3.8) is 0 Å². The van der Waals surface area contributed by atoms with Crippen molar-refractivity contribution < 1.29 is 0 Å². The average Bonchev–Trinajstić information content (AvgIpc) is 2.37. The molecule has 2 nitrogen and oxygen atoms in total. The van der Waals surface area contributed by atoms with Crippen LogP contribution in [-0.2, 0) is 6.54 Å². The second-order valence-corrected chi connectivity index (χ2v) is 4.58. The average molecular weight is 257 g/mol. The van der Waals surface area contributed by atoms with E-state index in [-0.39, 0.29) is 0 Å². The van der Waals surface area contributed by atoms with Crippen LogP contribution < -0.4 is 5.32 Å². The van der Waals surface area contributed by atoms with E-state index in [4.69, 9.17) is 16.9 Å². The smallest absolute Gasteiger partial charge is 0.101 e. The molecule has 0 saturated heterocycles. The maximum atomic E-state index is 9.07. The van der Waals surface area contributed by atoms with Gasteiger partial charge in [0, 0.05) is 11.6 Å². The van der Waals surface area contributed by atoms with Gasteiger partial charge in [-0.2, -0.15) is 5.26 Å². The molecule has 0 saturated carbocycles. The molecule has 0 amide bonds. The fraction of sp³-hybridized carbons (Fsp3) is 0.133. The van der Waals surface area contributed by atoms with E-state index in [1.54, 1.807) is 0 Å². The van der Waals surface area contributed by atoms with Crippen molar-refractivity contribution in [1.29, 1.82) is 5.26 Å². The van der Waals surface area contributed by atoms with Crippen molar-refractivity contribution in [2.24, 2.45) is 0 Å². The van der Waals surface area contributed by atoms with Crippen molar-refractivity contribution >= 4 is 17.3 Å². The number of nitrogens with zero attached hydrogens (tertiary/aromatic N) is 1. The lowest BCUT2D eigenvalue weighted by atomic mass is 10.1. The van der Waals surface area contributed by atoms with Crippen LogP contribution in [0, 0.1) is 18.3 Å². The molecular weight excluding hydrogens is 244 g/mol. The summed E-state index contributed by atoms with van der Waals surface area (Å²) < 4.78 is 0. The lowest BCUT2D eigenvalue weighted by Crippen LogP contribution is -2.01. The highest BCUT2D eigenvalue weighted by atomic mass is 35.5. The molecule has 0 unspecified atom stereocenters. The second kappa shape index (κ2) is 5.57. The molecular formula is C15H13ClN2. The minimum atomic E-state index is 0.651. The molecule has 0 atom stereocenters. The van der Waals surface area contributed by atoms with Gasteiger partial charge in [0.25, 0.3) is 0 Å². The van der Waals surface area contributed by atoms with Gasteiger partial charge in [0.15, 0.2) is 0 Å². The Kier molecular flexibility index (Phi) is 3.86. The van der Waals surface area contributed by atoms with E-state index < -0.39 is 0 Å². The van der Waals surface area contributed by atoms with Crippen LogP contribution in [0.2, 0.25) is 5.02 Å². The van der Waals surface area contributed by atoms with Crippen molar-refractivity contribution in [1.82, 2.24) is 0 Å². The molecule has 0 aliphatic heterocycles. The summed E-state index contributed by atoms with van der Waals surface area (Å²) in [6.45, 7) is 2.62. The van der Waals surface area contributed by atoms with Crippen molar-refractivity contribution in [2.45, 2.75) is 13.5 Å². The predicted molar refractivity (Wildman–Crippen MR) is 74.7 cm³/mol. The van der Waals surface area contributed by atoms with E-state index >= 15 is 0 Å². The Labute approximate surface area is 112 Å². The normalized spacial score (nSPS) is 9.83. The lowest BCUT2D eigenvalue weighted by molar-refractivity contribution is 1.14. The molecule has 1 N–H and O–H groups in total.